The first-order valence-corrected chi connectivity index (χ1v) is 12.1. The highest BCUT2D eigenvalue weighted by Gasteiger charge is 2.53. The predicted octanol–water partition coefficient (Wildman–Crippen LogP) is 1.64. The maximum absolute atomic E-state index is 13.7. The molecule has 1 fully saturated rings. The molecule has 5 amide bonds. The lowest BCUT2D eigenvalue weighted by atomic mass is 9.97. The summed E-state index contributed by atoms with van der Waals surface area (Å²) in [5.74, 6) is 3.88. The van der Waals surface area contributed by atoms with Crippen LogP contribution >= 0.6 is 0 Å². The van der Waals surface area contributed by atoms with Gasteiger partial charge in [-0.1, -0.05) is 17.9 Å². The molecular formula is C28H28N4O7. The maximum Gasteiger partial charge on any atom is 0.328 e. The van der Waals surface area contributed by atoms with Gasteiger partial charge in [-0.3, -0.25) is 19.2 Å². The quantitative estimate of drug-likeness (QED) is 0.326. The van der Waals surface area contributed by atoms with Crippen molar-refractivity contribution < 1.29 is 33.4 Å². The van der Waals surface area contributed by atoms with Crippen LogP contribution in [-0.2, 0) is 20.9 Å². The molecule has 39 heavy (non-hydrogen) atoms. The number of nitrogens with one attached hydrogen (secondary N) is 1. The first-order valence-electron chi connectivity index (χ1n) is 12.1. The largest absolute Gasteiger partial charge is 0.497 e. The summed E-state index contributed by atoms with van der Waals surface area (Å²) in [6.45, 7) is 4.26. The summed E-state index contributed by atoms with van der Waals surface area (Å²) in [6, 6.07) is 10.4. The van der Waals surface area contributed by atoms with E-state index in [0.717, 1.165) is 10.5 Å². The Morgan fingerprint density at radius 2 is 1.79 bits per heavy atom. The van der Waals surface area contributed by atoms with Crippen LogP contribution in [0, 0.1) is 17.3 Å². The second-order valence-corrected chi connectivity index (χ2v) is 10.3. The average Bonchev–Trinajstić information content (AvgIpc) is 3.32. The molecule has 0 aromatic heterocycles. The molecule has 0 radical (unpaired) electrons. The Balaban J connectivity index is 1.66. The Hall–Kier alpha value is -4.85. The predicted molar refractivity (Wildman–Crippen MR) is 138 cm³/mol. The summed E-state index contributed by atoms with van der Waals surface area (Å²) >= 11 is 0. The molecule has 4 rings (SSSR count). The van der Waals surface area contributed by atoms with Crippen molar-refractivity contribution in [2.24, 2.45) is 11.1 Å². The van der Waals surface area contributed by atoms with Crippen LogP contribution < -0.4 is 15.8 Å². The number of methoxy groups -OCH3 is 1. The van der Waals surface area contributed by atoms with Crippen molar-refractivity contribution in [1.29, 1.82) is 0 Å². The smallest absolute Gasteiger partial charge is 0.328 e. The van der Waals surface area contributed by atoms with Gasteiger partial charge in [0.1, 0.15) is 5.75 Å². The molecule has 2 aromatic carbocycles. The van der Waals surface area contributed by atoms with Crippen molar-refractivity contribution in [3.63, 3.8) is 0 Å². The molecule has 0 spiro atoms. The normalized spacial score (nSPS) is 18.3. The lowest BCUT2D eigenvalue weighted by molar-refractivity contribution is -0.158. The number of ether oxygens (including phenoxy) is 2. The number of urea groups is 1. The fraction of sp³-hybridized carbons (Fsp3) is 0.321. The maximum atomic E-state index is 13.7. The SMILES string of the molecule is COc1ccc2c(c1)C(=O)N(C[C@@]1(C#Cc3ccc(C(N)=O)cc3)NC(=O)N(COC(=O)C(C)(C)C)C1=O)C2. The average molecular weight is 533 g/mol. The topological polar surface area (TPSA) is 148 Å². The van der Waals surface area contributed by atoms with E-state index in [1.54, 1.807) is 51.1 Å². The van der Waals surface area contributed by atoms with Crippen LogP contribution in [0.4, 0.5) is 4.79 Å². The van der Waals surface area contributed by atoms with Crippen LogP contribution in [0.1, 0.15) is 52.6 Å². The van der Waals surface area contributed by atoms with Gasteiger partial charge in [0, 0.05) is 23.2 Å². The van der Waals surface area contributed by atoms with E-state index in [1.165, 1.54) is 24.1 Å². The van der Waals surface area contributed by atoms with Crippen LogP contribution in [0.15, 0.2) is 42.5 Å². The van der Waals surface area contributed by atoms with Crippen LogP contribution in [0.25, 0.3) is 0 Å². The van der Waals surface area contributed by atoms with Crippen molar-refractivity contribution in [2.75, 3.05) is 20.4 Å². The number of rotatable bonds is 6. The Labute approximate surface area is 225 Å². The van der Waals surface area contributed by atoms with E-state index in [0.29, 0.717) is 16.9 Å². The lowest BCUT2D eigenvalue weighted by Gasteiger charge is -2.27. The highest BCUT2D eigenvalue weighted by molar-refractivity contribution is 6.10. The highest BCUT2D eigenvalue weighted by atomic mass is 16.5. The molecule has 1 atom stereocenters. The number of hydrogen-bond donors (Lipinski definition) is 2. The molecule has 11 nitrogen and oxygen atoms in total. The number of benzene rings is 2. The Morgan fingerprint density at radius 3 is 2.41 bits per heavy atom. The zero-order valence-electron chi connectivity index (χ0n) is 22.0. The Kier molecular flexibility index (Phi) is 7.07. The van der Waals surface area contributed by atoms with E-state index in [4.69, 9.17) is 15.2 Å². The van der Waals surface area contributed by atoms with Crippen molar-refractivity contribution in [3.8, 4) is 17.6 Å². The minimum absolute atomic E-state index is 0.192. The van der Waals surface area contributed by atoms with Crippen LogP contribution in [0.2, 0.25) is 0 Å². The fourth-order valence-corrected chi connectivity index (χ4v) is 4.09. The van der Waals surface area contributed by atoms with Gasteiger partial charge in [0.15, 0.2) is 6.73 Å². The van der Waals surface area contributed by atoms with Gasteiger partial charge in [0.2, 0.25) is 11.4 Å². The third-order valence-corrected chi connectivity index (χ3v) is 6.33. The number of amides is 5. The zero-order chi connectivity index (χ0) is 28.5. The second-order valence-electron chi connectivity index (χ2n) is 10.3. The van der Waals surface area contributed by atoms with Gasteiger partial charge < -0.3 is 25.4 Å². The summed E-state index contributed by atoms with van der Waals surface area (Å²) < 4.78 is 10.4. The van der Waals surface area contributed by atoms with E-state index in [2.05, 4.69) is 17.2 Å². The van der Waals surface area contributed by atoms with E-state index < -0.39 is 41.5 Å². The number of esters is 1. The van der Waals surface area contributed by atoms with Crippen LogP contribution in [-0.4, -0.2) is 65.4 Å². The van der Waals surface area contributed by atoms with Crippen LogP contribution in [0.5, 0.6) is 5.75 Å². The van der Waals surface area contributed by atoms with Gasteiger partial charge in [-0.2, -0.15) is 0 Å². The number of hydrogen-bond acceptors (Lipinski definition) is 7. The monoisotopic (exact) mass is 532 g/mol. The Morgan fingerprint density at radius 1 is 1.10 bits per heavy atom. The minimum Gasteiger partial charge on any atom is -0.497 e. The molecule has 2 heterocycles. The number of carbonyl (C=O) groups is 5. The van der Waals surface area contributed by atoms with Gasteiger partial charge >= 0.3 is 12.0 Å². The summed E-state index contributed by atoms with van der Waals surface area (Å²) in [7, 11) is 1.49. The number of nitrogens with zero attached hydrogens (tertiary/aromatic N) is 2. The summed E-state index contributed by atoms with van der Waals surface area (Å²) in [6.07, 6.45) is 0. The van der Waals surface area contributed by atoms with Gasteiger partial charge in [-0.25, -0.2) is 9.69 Å². The van der Waals surface area contributed by atoms with Crippen molar-refractivity contribution in [1.82, 2.24) is 15.1 Å². The highest BCUT2D eigenvalue weighted by Crippen LogP contribution is 2.30. The number of carbonyl (C=O) groups excluding carboxylic acids is 5. The molecule has 0 saturated carbocycles. The first-order chi connectivity index (χ1) is 18.3. The van der Waals surface area contributed by atoms with E-state index in [1.807, 2.05) is 0 Å². The number of imide groups is 1. The van der Waals surface area contributed by atoms with Gasteiger partial charge in [0.05, 0.1) is 19.1 Å². The Bertz CT molecular complexity index is 1430. The number of nitrogens with two attached hydrogens (primary N) is 1. The molecule has 11 heteroatoms. The summed E-state index contributed by atoms with van der Waals surface area (Å²) in [4.78, 5) is 65.6. The third-order valence-electron chi connectivity index (χ3n) is 6.33. The van der Waals surface area contributed by atoms with Crippen molar-refractivity contribution >= 4 is 29.7 Å². The molecule has 1 saturated heterocycles. The molecular weight excluding hydrogens is 504 g/mol. The third kappa shape index (κ3) is 5.40. The number of primary amides is 1. The van der Waals surface area contributed by atoms with Gasteiger partial charge in [-0.15, -0.1) is 0 Å². The first kappa shape index (κ1) is 27.2. The van der Waals surface area contributed by atoms with Crippen molar-refractivity contribution in [2.45, 2.75) is 32.9 Å². The molecule has 0 aliphatic carbocycles. The zero-order valence-corrected chi connectivity index (χ0v) is 22.0. The van der Waals surface area contributed by atoms with Crippen molar-refractivity contribution in [3.05, 3.63) is 64.7 Å². The summed E-state index contributed by atoms with van der Waals surface area (Å²) in [5.41, 5.74) is 4.50. The summed E-state index contributed by atoms with van der Waals surface area (Å²) in [5, 5.41) is 2.61. The van der Waals surface area contributed by atoms with Crippen LogP contribution in [0.3, 0.4) is 0 Å². The molecule has 2 aliphatic rings. The molecule has 0 unspecified atom stereocenters. The van der Waals surface area contributed by atoms with Gasteiger partial charge in [0.25, 0.3) is 11.8 Å². The van der Waals surface area contributed by atoms with Gasteiger partial charge in [-0.05, 0) is 62.7 Å². The van der Waals surface area contributed by atoms with E-state index in [-0.39, 0.29) is 24.6 Å². The fourth-order valence-electron chi connectivity index (χ4n) is 4.09. The molecule has 2 aromatic rings. The molecule has 202 valence electrons. The minimum atomic E-state index is -1.82. The van der Waals surface area contributed by atoms with E-state index in [9.17, 15) is 24.0 Å². The second kappa shape index (κ2) is 10.1. The lowest BCUT2D eigenvalue weighted by Crippen LogP contribution is -2.54. The van der Waals surface area contributed by atoms with E-state index >= 15 is 0 Å². The molecule has 2 aliphatic heterocycles. The standard InChI is InChI=1S/C28H28N4O7/c1-27(2,3)25(36)39-16-32-24(35)28(30-26(32)37,12-11-17-5-7-18(8-6-17)22(29)33)15-31-14-19-9-10-20(38-4)13-21(19)23(31)34/h5-10,13H,14-16H2,1-4H3,(H2,29,33)(H,30,37)/t28-/m1/s1. The molecule has 3 N–H and O–H groups in total. The number of fused-ring (bicyclic) bond motifs is 1. The molecule has 0 bridgehead atoms.